The number of fused-ring (bicyclic) bond motifs is 1. The minimum absolute atomic E-state index is 0.0441. The number of rotatable bonds is 6. The molecule has 0 aliphatic heterocycles. The molecule has 4 rings (SSSR count). The van der Waals surface area contributed by atoms with Gasteiger partial charge in [0.1, 0.15) is 5.56 Å². The molecule has 4 aromatic rings. The Morgan fingerprint density at radius 1 is 1.07 bits per heavy atom. The summed E-state index contributed by atoms with van der Waals surface area (Å²) in [4.78, 5) is 31.1. The van der Waals surface area contributed by atoms with E-state index in [1.165, 1.54) is 21.9 Å². The third-order valence-electron chi connectivity index (χ3n) is 4.53. The van der Waals surface area contributed by atoms with Gasteiger partial charge >= 0.3 is 0 Å². The molecular formula is C22H18ClN3O2S. The highest BCUT2D eigenvalue weighted by Gasteiger charge is 2.15. The maximum absolute atomic E-state index is 12.8. The minimum atomic E-state index is -0.415. The van der Waals surface area contributed by atoms with Gasteiger partial charge in [-0.05, 0) is 29.7 Å². The number of nitrogens with one attached hydrogen (secondary N) is 1. The summed E-state index contributed by atoms with van der Waals surface area (Å²) in [7, 11) is 0. The lowest BCUT2D eigenvalue weighted by Gasteiger charge is -2.05. The number of hydrogen-bond donors (Lipinski definition) is 1. The van der Waals surface area contributed by atoms with Crippen molar-refractivity contribution in [2.75, 3.05) is 6.54 Å². The maximum atomic E-state index is 12.8. The van der Waals surface area contributed by atoms with E-state index < -0.39 is 5.91 Å². The molecule has 0 saturated carbocycles. The highest BCUT2D eigenvalue weighted by molar-refractivity contribution is 7.17. The van der Waals surface area contributed by atoms with Crippen molar-refractivity contribution in [2.45, 2.75) is 12.8 Å². The van der Waals surface area contributed by atoms with Crippen LogP contribution in [0.3, 0.4) is 0 Å². The molecule has 0 saturated heterocycles. The van der Waals surface area contributed by atoms with E-state index in [0.29, 0.717) is 22.9 Å². The van der Waals surface area contributed by atoms with Crippen molar-refractivity contribution in [3.63, 3.8) is 0 Å². The summed E-state index contributed by atoms with van der Waals surface area (Å²) in [5.74, 6) is -0.415. The zero-order chi connectivity index (χ0) is 20.2. The average molecular weight is 424 g/mol. The Hall–Kier alpha value is -2.96. The first-order valence-corrected chi connectivity index (χ1v) is 10.4. The van der Waals surface area contributed by atoms with Crippen molar-refractivity contribution < 1.29 is 4.79 Å². The van der Waals surface area contributed by atoms with Crippen LogP contribution < -0.4 is 10.9 Å². The van der Waals surface area contributed by atoms with Gasteiger partial charge in [-0.15, -0.1) is 11.3 Å². The van der Waals surface area contributed by atoms with Crippen LogP contribution in [0, 0.1) is 0 Å². The summed E-state index contributed by atoms with van der Waals surface area (Å²) in [6, 6.07) is 17.5. The highest BCUT2D eigenvalue weighted by Crippen LogP contribution is 2.18. The molecule has 7 heteroatoms. The molecule has 0 bridgehead atoms. The molecule has 1 N–H and O–H groups in total. The summed E-state index contributed by atoms with van der Waals surface area (Å²) in [5.41, 5.74) is 1.91. The van der Waals surface area contributed by atoms with Crippen LogP contribution in [0.25, 0.3) is 4.96 Å². The number of halogens is 1. The van der Waals surface area contributed by atoms with E-state index in [1.54, 1.807) is 6.20 Å². The molecule has 0 atom stereocenters. The first-order chi connectivity index (χ1) is 14.1. The second kappa shape index (κ2) is 8.59. The average Bonchev–Trinajstić information content (AvgIpc) is 3.14. The predicted octanol–water partition coefficient (Wildman–Crippen LogP) is 3.97. The third kappa shape index (κ3) is 4.55. The fourth-order valence-corrected chi connectivity index (χ4v) is 4.13. The Bertz CT molecular complexity index is 1200. The summed E-state index contributed by atoms with van der Waals surface area (Å²) in [5, 5.41) is 3.47. The first-order valence-electron chi connectivity index (χ1n) is 9.17. The normalized spacial score (nSPS) is 10.9. The van der Waals surface area contributed by atoms with Gasteiger partial charge in [-0.1, -0.05) is 54.1 Å². The molecule has 2 aromatic carbocycles. The molecule has 2 heterocycles. The molecule has 146 valence electrons. The molecule has 29 heavy (non-hydrogen) atoms. The predicted molar refractivity (Wildman–Crippen MR) is 116 cm³/mol. The largest absolute Gasteiger partial charge is 0.351 e. The molecule has 5 nitrogen and oxygen atoms in total. The Morgan fingerprint density at radius 3 is 2.59 bits per heavy atom. The van der Waals surface area contributed by atoms with Crippen LogP contribution in [0.1, 0.15) is 26.4 Å². The van der Waals surface area contributed by atoms with Crippen LogP contribution in [0.4, 0.5) is 0 Å². The summed E-state index contributed by atoms with van der Waals surface area (Å²) >= 11 is 7.33. The van der Waals surface area contributed by atoms with Gasteiger partial charge in [0.15, 0.2) is 4.96 Å². The fourth-order valence-electron chi connectivity index (χ4n) is 3.03. The molecule has 1 amide bonds. The van der Waals surface area contributed by atoms with E-state index in [9.17, 15) is 9.59 Å². The van der Waals surface area contributed by atoms with E-state index in [2.05, 4.69) is 10.3 Å². The van der Waals surface area contributed by atoms with Crippen molar-refractivity contribution in [3.05, 3.63) is 104 Å². The van der Waals surface area contributed by atoms with Gasteiger partial charge in [-0.2, -0.15) is 0 Å². The van der Waals surface area contributed by atoms with Crippen LogP contribution in [0.2, 0.25) is 5.02 Å². The van der Waals surface area contributed by atoms with Gasteiger partial charge < -0.3 is 5.32 Å². The van der Waals surface area contributed by atoms with Crippen molar-refractivity contribution in [2.24, 2.45) is 0 Å². The van der Waals surface area contributed by atoms with Gasteiger partial charge in [0.2, 0.25) is 0 Å². The van der Waals surface area contributed by atoms with E-state index >= 15 is 0 Å². The quantitative estimate of drug-likeness (QED) is 0.510. The van der Waals surface area contributed by atoms with Crippen LogP contribution in [-0.2, 0) is 12.8 Å². The number of amides is 1. The molecule has 2 aromatic heterocycles. The zero-order valence-electron chi connectivity index (χ0n) is 15.5. The maximum Gasteiger partial charge on any atom is 0.271 e. The minimum Gasteiger partial charge on any atom is -0.351 e. The standard InChI is InChI=1S/C22H18ClN3O2S/c23-17-8-6-15(7-9-17)10-11-24-20(27)19-13-25-22-26(21(19)28)14-18(29-22)12-16-4-2-1-3-5-16/h1-9,13-14H,10-12H2,(H,24,27). The van der Waals surface area contributed by atoms with Crippen molar-refractivity contribution >= 4 is 33.8 Å². The number of hydrogen-bond acceptors (Lipinski definition) is 4. The van der Waals surface area contributed by atoms with Crippen molar-refractivity contribution in [1.29, 1.82) is 0 Å². The van der Waals surface area contributed by atoms with E-state index in [4.69, 9.17) is 11.6 Å². The first kappa shape index (κ1) is 19.4. The number of carbonyl (C=O) groups excluding carboxylic acids is 1. The molecule has 0 spiro atoms. The van der Waals surface area contributed by atoms with Gasteiger partial charge in [0.05, 0.1) is 0 Å². The van der Waals surface area contributed by atoms with Gasteiger partial charge in [-0.25, -0.2) is 4.98 Å². The lowest BCUT2D eigenvalue weighted by molar-refractivity contribution is 0.0952. The Morgan fingerprint density at radius 2 is 1.83 bits per heavy atom. The van der Waals surface area contributed by atoms with E-state index in [-0.39, 0.29) is 11.1 Å². The van der Waals surface area contributed by atoms with Crippen molar-refractivity contribution in [1.82, 2.24) is 14.7 Å². The molecule has 0 aliphatic rings. The fraction of sp³-hybridized carbons (Fsp3) is 0.136. The number of thiazole rings is 1. The van der Waals surface area contributed by atoms with Crippen LogP contribution in [0.15, 0.2) is 71.8 Å². The van der Waals surface area contributed by atoms with E-state index in [1.807, 2.05) is 54.6 Å². The van der Waals surface area contributed by atoms with Crippen molar-refractivity contribution in [3.8, 4) is 0 Å². The Kier molecular flexibility index (Phi) is 5.74. The topological polar surface area (TPSA) is 63.5 Å². The zero-order valence-corrected chi connectivity index (χ0v) is 17.0. The molecular weight excluding hydrogens is 406 g/mol. The Labute approximate surface area is 176 Å². The summed E-state index contributed by atoms with van der Waals surface area (Å²) in [6.07, 6.45) is 4.50. The Balaban J connectivity index is 1.47. The number of benzene rings is 2. The number of nitrogens with zero attached hydrogens (tertiary/aromatic N) is 2. The summed E-state index contributed by atoms with van der Waals surface area (Å²) in [6.45, 7) is 0.422. The van der Waals surface area contributed by atoms with Crippen LogP contribution in [0.5, 0.6) is 0 Å². The second-order valence-electron chi connectivity index (χ2n) is 6.62. The SMILES string of the molecule is O=C(NCCc1ccc(Cl)cc1)c1cnc2sc(Cc3ccccc3)cn2c1=O. The monoisotopic (exact) mass is 423 g/mol. The lowest BCUT2D eigenvalue weighted by Crippen LogP contribution is -2.32. The number of carbonyl (C=O) groups is 1. The third-order valence-corrected chi connectivity index (χ3v) is 5.78. The lowest BCUT2D eigenvalue weighted by atomic mass is 10.1. The molecule has 0 unspecified atom stereocenters. The van der Waals surface area contributed by atoms with Crippen LogP contribution in [-0.4, -0.2) is 21.8 Å². The smallest absolute Gasteiger partial charge is 0.271 e. The highest BCUT2D eigenvalue weighted by atomic mass is 35.5. The number of aromatic nitrogens is 2. The van der Waals surface area contributed by atoms with Gasteiger partial charge in [-0.3, -0.25) is 14.0 Å². The second-order valence-corrected chi connectivity index (χ2v) is 8.15. The molecule has 0 aliphatic carbocycles. The summed E-state index contributed by atoms with van der Waals surface area (Å²) < 4.78 is 1.46. The van der Waals surface area contributed by atoms with Gasteiger partial charge in [0.25, 0.3) is 11.5 Å². The van der Waals surface area contributed by atoms with Crippen LogP contribution >= 0.6 is 22.9 Å². The molecule has 0 radical (unpaired) electrons. The van der Waals surface area contributed by atoms with E-state index in [0.717, 1.165) is 22.4 Å². The molecule has 0 fully saturated rings. The van der Waals surface area contributed by atoms with Gasteiger partial charge in [0, 0.05) is 35.3 Å².